The van der Waals surface area contributed by atoms with E-state index in [1.165, 1.54) is 0 Å². The molecule has 29 heavy (non-hydrogen) atoms. The van der Waals surface area contributed by atoms with Crippen molar-refractivity contribution in [2.45, 2.75) is 39.7 Å². The van der Waals surface area contributed by atoms with Gasteiger partial charge >= 0.3 is 0 Å². The van der Waals surface area contributed by atoms with Gasteiger partial charge in [-0.2, -0.15) is 5.10 Å². The van der Waals surface area contributed by atoms with Crippen LogP contribution < -0.4 is 19.6 Å². The molecule has 0 radical (unpaired) electrons. The maximum atomic E-state index is 12.2. The summed E-state index contributed by atoms with van der Waals surface area (Å²) in [6.45, 7) is 7.00. The molecule has 1 amide bonds. The summed E-state index contributed by atoms with van der Waals surface area (Å²) in [6.07, 6.45) is 2.69. The van der Waals surface area contributed by atoms with E-state index in [0.717, 1.165) is 28.6 Å². The average molecular weight is 463 g/mol. The third kappa shape index (κ3) is 7.77. The molecule has 0 aliphatic rings. The third-order valence-corrected chi connectivity index (χ3v) is 4.32. The van der Waals surface area contributed by atoms with Crippen molar-refractivity contribution >= 4 is 28.1 Å². The Morgan fingerprint density at radius 2 is 1.72 bits per heavy atom. The van der Waals surface area contributed by atoms with E-state index in [9.17, 15) is 4.79 Å². The zero-order chi connectivity index (χ0) is 21.1. The van der Waals surface area contributed by atoms with Gasteiger partial charge in [-0.15, -0.1) is 0 Å². The first-order valence-electron chi connectivity index (χ1n) is 9.68. The Hall–Kier alpha value is -2.54. The minimum atomic E-state index is -0.686. The van der Waals surface area contributed by atoms with Gasteiger partial charge in [-0.05, 0) is 56.2 Å². The number of hydrazone groups is 1. The topological polar surface area (TPSA) is 69.2 Å². The fraction of sp³-hybridized carbons (Fsp3) is 0.364. The maximum Gasteiger partial charge on any atom is 0.280 e. The van der Waals surface area contributed by atoms with Crippen molar-refractivity contribution in [3.05, 3.63) is 52.5 Å². The summed E-state index contributed by atoms with van der Waals surface area (Å²) in [5.41, 5.74) is 3.26. The Morgan fingerprint density at radius 3 is 2.41 bits per heavy atom. The molecule has 2 aromatic rings. The lowest BCUT2D eigenvalue weighted by Gasteiger charge is -2.13. The second-order valence-electron chi connectivity index (χ2n) is 6.34. The largest absolute Gasteiger partial charge is 0.493 e. The number of benzene rings is 2. The fourth-order valence-corrected chi connectivity index (χ4v) is 2.56. The van der Waals surface area contributed by atoms with Crippen LogP contribution in [0.5, 0.6) is 17.2 Å². The highest BCUT2D eigenvalue weighted by atomic mass is 79.9. The molecule has 0 unspecified atom stereocenters. The van der Waals surface area contributed by atoms with E-state index in [-0.39, 0.29) is 5.91 Å². The number of ether oxygens (including phenoxy) is 3. The summed E-state index contributed by atoms with van der Waals surface area (Å²) in [5.74, 6) is 1.68. The van der Waals surface area contributed by atoms with Gasteiger partial charge in [-0.1, -0.05) is 29.8 Å². The van der Waals surface area contributed by atoms with E-state index in [4.69, 9.17) is 14.2 Å². The van der Waals surface area contributed by atoms with Crippen LogP contribution in [0.3, 0.4) is 0 Å². The van der Waals surface area contributed by atoms with Gasteiger partial charge in [-0.3, -0.25) is 4.79 Å². The van der Waals surface area contributed by atoms with Gasteiger partial charge in [0, 0.05) is 16.1 Å². The molecule has 7 heteroatoms. The normalized spacial score (nSPS) is 11.9. The Morgan fingerprint density at radius 1 is 1.07 bits per heavy atom. The molecule has 1 N–H and O–H groups in total. The van der Waals surface area contributed by atoms with Crippen LogP contribution in [-0.4, -0.2) is 31.4 Å². The van der Waals surface area contributed by atoms with E-state index in [0.29, 0.717) is 24.7 Å². The molecule has 0 aliphatic heterocycles. The van der Waals surface area contributed by atoms with E-state index >= 15 is 0 Å². The van der Waals surface area contributed by atoms with Crippen LogP contribution in [0.15, 0.2) is 52.0 Å². The first kappa shape index (κ1) is 22.7. The van der Waals surface area contributed by atoms with Crippen molar-refractivity contribution < 1.29 is 19.0 Å². The molecule has 156 valence electrons. The highest BCUT2D eigenvalue weighted by molar-refractivity contribution is 9.10. The van der Waals surface area contributed by atoms with Crippen LogP contribution >= 0.6 is 15.9 Å². The lowest BCUT2D eigenvalue weighted by molar-refractivity contribution is -0.127. The zero-order valence-electron chi connectivity index (χ0n) is 17.0. The summed E-state index contributed by atoms with van der Waals surface area (Å²) in [4.78, 5) is 12.2. The van der Waals surface area contributed by atoms with Crippen molar-refractivity contribution in [2.24, 2.45) is 5.10 Å². The van der Waals surface area contributed by atoms with E-state index in [2.05, 4.69) is 33.4 Å². The standard InChI is InChI=1S/C22H27BrN2O4/c1-4-12-27-20-9-6-17(21(14-20)28-13-5-2)15-24-25-22(26)16(3)29-19-10-7-18(23)8-11-19/h6-11,14-16H,4-5,12-13H2,1-3H3,(H,25,26)/b24-15-/t16-/m0/s1. The number of hydrogen-bond donors (Lipinski definition) is 1. The molecule has 0 aliphatic carbocycles. The first-order valence-corrected chi connectivity index (χ1v) is 10.5. The summed E-state index contributed by atoms with van der Waals surface area (Å²) < 4.78 is 18.0. The lowest BCUT2D eigenvalue weighted by Crippen LogP contribution is -2.33. The monoisotopic (exact) mass is 462 g/mol. The Kier molecular flexibility index (Phi) is 9.50. The molecular formula is C22H27BrN2O4. The van der Waals surface area contributed by atoms with Crippen molar-refractivity contribution in [1.82, 2.24) is 5.43 Å². The smallest absolute Gasteiger partial charge is 0.280 e. The molecule has 2 rings (SSSR count). The van der Waals surface area contributed by atoms with E-state index in [1.54, 1.807) is 25.3 Å². The number of carbonyl (C=O) groups is 1. The second-order valence-corrected chi connectivity index (χ2v) is 7.26. The number of nitrogens with zero attached hydrogens (tertiary/aromatic N) is 1. The van der Waals surface area contributed by atoms with Crippen molar-refractivity contribution in [3.8, 4) is 17.2 Å². The van der Waals surface area contributed by atoms with Crippen LogP contribution in [0, 0.1) is 0 Å². The van der Waals surface area contributed by atoms with Crippen molar-refractivity contribution in [1.29, 1.82) is 0 Å². The van der Waals surface area contributed by atoms with Gasteiger partial charge in [0.1, 0.15) is 17.2 Å². The SMILES string of the molecule is CCCOc1ccc(/C=N\NC(=O)[C@H](C)Oc2ccc(Br)cc2)c(OCCC)c1. The Balaban J connectivity index is 1.97. The number of nitrogens with one attached hydrogen (secondary N) is 1. The molecule has 0 spiro atoms. The van der Waals surface area contributed by atoms with Gasteiger partial charge < -0.3 is 14.2 Å². The molecule has 0 saturated heterocycles. The van der Waals surface area contributed by atoms with Crippen LogP contribution in [-0.2, 0) is 4.79 Å². The summed E-state index contributed by atoms with van der Waals surface area (Å²) >= 11 is 3.36. The minimum Gasteiger partial charge on any atom is -0.493 e. The third-order valence-electron chi connectivity index (χ3n) is 3.79. The second kappa shape index (κ2) is 12.1. The molecule has 1 atom stereocenters. The van der Waals surface area contributed by atoms with Gasteiger partial charge in [0.05, 0.1) is 19.4 Å². The molecule has 0 fully saturated rings. The Labute approximate surface area is 180 Å². The van der Waals surface area contributed by atoms with E-state index < -0.39 is 6.10 Å². The predicted octanol–water partition coefficient (Wildman–Crippen LogP) is 4.94. The first-order chi connectivity index (χ1) is 14.0. The average Bonchev–Trinajstić information content (AvgIpc) is 2.73. The molecular weight excluding hydrogens is 436 g/mol. The molecule has 0 saturated carbocycles. The minimum absolute atomic E-state index is 0.344. The van der Waals surface area contributed by atoms with Gasteiger partial charge in [0.25, 0.3) is 5.91 Å². The lowest BCUT2D eigenvalue weighted by atomic mass is 10.2. The number of rotatable bonds is 11. The fourth-order valence-electron chi connectivity index (χ4n) is 2.30. The quantitative estimate of drug-likeness (QED) is 0.379. The van der Waals surface area contributed by atoms with Gasteiger partial charge in [0.15, 0.2) is 6.10 Å². The molecule has 2 aromatic carbocycles. The highest BCUT2D eigenvalue weighted by Crippen LogP contribution is 2.24. The number of hydrogen-bond acceptors (Lipinski definition) is 5. The summed E-state index contributed by atoms with van der Waals surface area (Å²) in [7, 11) is 0. The van der Waals surface area contributed by atoms with E-state index in [1.807, 2.05) is 37.3 Å². The maximum absolute atomic E-state index is 12.2. The molecule has 6 nitrogen and oxygen atoms in total. The van der Waals surface area contributed by atoms with Crippen LogP contribution in [0.1, 0.15) is 39.2 Å². The number of halogens is 1. The Bertz CT molecular complexity index is 809. The number of carbonyl (C=O) groups excluding carboxylic acids is 1. The highest BCUT2D eigenvalue weighted by Gasteiger charge is 2.14. The molecule has 0 heterocycles. The van der Waals surface area contributed by atoms with Crippen molar-refractivity contribution in [2.75, 3.05) is 13.2 Å². The van der Waals surface area contributed by atoms with Crippen LogP contribution in [0.4, 0.5) is 0 Å². The summed E-state index contributed by atoms with van der Waals surface area (Å²) in [6, 6.07) is 12.8. The number of amides is 1. The zero-order valence-corrected chi connectivity index (χ0v) is 18.6. The summed E-state index contributed by atoms with van der Waals surface area (Å²) in [5, 5.41) is 4.05. The van der Waals surface area contributed by atoms with Gasteiger partial charge in [-0.25, -0.2) is 5.43 Å². The van der Waals surface area contributed by atoms with Crippen molar-refractivity contribution in [3.63, 3.8) is 0 Å². The van der Waals surface area contributed by atoms with Gasteiger partial charge in [0.2, 0.25) is 0 Å². The van der Waals surface area contributed by atoms with Crippen LogP contribution in [0.25, 0.3) is 0 Å². The molecule has 0 aromatic heterocycles. The predicted molar refractivity (Wildman–Crippen MR) is 118 cm³/mol. The van der Waals surface area contributed by atoms with Crippen LogP contribution in [0.2, 0.25) is 0 Å². The molecule has 0 bridgehead atoms.